The van der Waals surface area contributed by atoms with E-state index in [9.17, 15) is 9.59 Å². The molecule has 8 heteroatoms. The van der Waals surface area contributed by atoms with E-state index in [-0.39, 0.29) is 23.9 Å². The number of fused-ring (bicyclic) bond motifs is 1. The van der Waals surface area contributed by atoms with Gasteiger partial charge in [0.15, 0.2) is 0 Å². The molecule has 1 N–H and O–H groups in total. The number of nitrogens with one attached hydrogen (secondary N) is 1. The first-order valence-corrected chi connectivity index (χ1v) is 8.41. The average molecular weight is 363 g/mol. The van der Waals surface area contributed by atoms with Crippen molar-refractivity contribution in [2.45, 2.75) is 12.3 Å². The Bertz CT molecular complexity index is 1030. The molecule has 0 radical (unpaired) electrons. The molecule has 1 aliphatic heterocycles. The number of anilines is 1. The number of esters is 1. The van der Waals surface area contributed by atoms with Crippen LogP contribution in [-0.4, -0.2) is 38.7 Å². The zero-order chi connectivity index (χ0) is 19.0. The van der Waals surface area contributed by atoms with Gasteiger partial charge in [0.1, 0.15) is 11.5 Å². The summed E-state index contributed by atoms with van der Waals surface area (Å²) in [6, 6.07) is 8.88. The Morgan fingerprint density at radius 1 is 1.30 bits per heavy atom. The van der Waals surface area contributed by atoms with Crippen LogP contribution in [0.1, 0.15) is 34.1 Å². The highest BCUT2D eigenvalue weighted by Crippen LogP contribution is 2.41. The quantitative estimate of drug-likeness (QED) is 0.716. The molecule has 0 aliphatic carbocycles. The Morgan fingerprint density at radius 2 is 2.15 bits per heavy atom. The fourth-order valence-corrected chi connectivity index (χ4v) is 3.32. The number of carbonyl (C=O) groups is 2. The Balaban J connectivity index is 1.88. The van der Waals surface area contributed by atoms with E-state index < -0.39 is 5.97 Å². The summed E-state index contributed by atoms with van der Waals surface area (Å²) in [6.07, 6.45) is 3.64. The zero-order valence-corrected chi connectivity index (χ0v) is 14.8. The van der Waals surface area contributed by atoms with Gasteiger partial charge in [0.05, 0.1) is 12.8 Å². The molecular weight excluding hydrogens is 346 g/mol. The van der Waals surface area contributed by atoms with Gasteiger partial charge in [-0.05, 0) is 24.3 Å². The van der Waals surface area contributed by atoms with Crippen molar-refractivity contribution in [2.24, 2.45) is 7.05 Å². The lowest BCUT2D eigenvalue weighted by molar-refractivity contribution is -0.116. The van der Waals surface area contributed by atoms with Gasteiger partial charge in [0.2, 0.25) is 5.91 Å². The monoisotopic (exact) mass is 363 g/mol. The van der Waals surface area contributed by atoms with Crippen LogP contribution in [0.15, 0.2) is 42.7 Å². The van der Waals surface area contributed by atoms with Crippen LogP contribution in [-0.2, 0) is 16.6 Å². The SMILES string of the molecule is COC(=O)c1cccc(C2CC(=O)Nc3c2c(-c2cccnc2)nn3C)n1. The van der Waals surface area contributed by atoms with E-state index in [0.717, 1.165) is 16.8 Å². The molecule has 27 heavy (non-hydrogen) atoms. The van der Waals surface area contributed by atoms with Gasteiger partial charge in [-0.2, -0.15) is 5.10 Å². The molecule has 4 heterocycles. The Labute approximate surface area is 155 Å². The van der Waals surface area contributed by atoms with Crippen molar-refractivity contribution in [3.63, 3.8) is 0 Å². The first-order valence-electron chi connectivity index (χ1n) is 8.41. The van der Waals surface area contributed by atoms with Crippen LogP contribution >= 0.6 is 0 Å². The highest BCUT2D eigenvalue weighted by Gasteiger charge is 2.34. The first kappa shape index (κ1) is 16.9. The smallest absolute Gasteiger partial charge is 0.356 e. The average Bonchev–Trinajstić information content (AvgIpc) is 3.04. The predicted molar refractivity (Wildman–Crippen MR) is 97.1 cm³/mol. The molecule has 0 saturated carbocycles. The molecule has 1 unspecified atom stereocenters. The highest BCUT2D eigenvalue weighted by atomic mass is 16.5. The summed E-state index contributed by atoms with van der Waals surface area (Å²) in [5, 5.41) is 7.48. The molecule has 8 nitrogen and oxygen atoms in total. The number of methoxy groups -OCH3 is 1. The van der Waals surface area contributed by atoms with Gasteiger partial charge in [-0.15, -0.1) is 0 Å². The molecule has 136 valence electrons. The van der Waals surface area contributed by atoms with Crippen molar-refractivity contribution in [3.05, 3.63) is 59.7 Å². The maximum atomic E-state index is 12.3. The summed E-state index contributed by atoms with van der Waals surface area (Å²) in [5.74, 6) is -0.350. The Morgan fingerprint density at radius 3 is 2.89 bits per heavy atom. The first-order chi connectivity index (χ1) is 13.1. The minimum absolute atomic E-state index is 0.126. The third-order valence-corrected chi connectivity index (χ3v) is 4.54. The molecule has 3 aromatic heterocycles. The second-order valence-electron chi connectivity index (χ2n) is 6.22. The second kappa shape index (κ2) is 6.64. The number of carbonyl (C=O) groups excluding carboxylic acids is 2. The molecule has 0 aromatic carbocycles. The van der Waals surface area contributed by atoms with Crippen molar-refractivity contribution >= 4 is 17.7 Å². The van der Waals surface area contributed by atoms with Crippen LogP contribution in [0.2, 0.25) is 0 Å². The van der Waals surface area contributed by atoms with Crippen LogP contribution in [0, 0.1) is 0 Å². The second-order valence-corrected chi connectivity index (χ2v) is 6.22. The highest BCUT2D eigenvalue weighted by molar-refractivity contribution is 5.96. The van der Waals surface area contributed by atoms with Gasteiger partial charge in [-0.25, -0.2) is 9.78 Å². The fourth-order valence-electron chi connectivity index (χ4n) is 3.32. The number of aromatic nitrogens is 4. The summed E-state index contributed by atoms with van der Waals surface area (Å²) in [4.78, 5) is 32.8. The largest absolute Gasteiger partial charge is 0.464 e. The number of nitrogens with zero attached hydrogens (tertiary/aromatic N) is 4. The standard InChI is InChI=1S/C19H17N5O3/c1-24-18-16(17(23-24)11-5-4-8-20-10-11)12(9-15(25)22-18)13-6-3-7-14(21-13)19(26)27-2/h3-8,10,12H,9H2,1-2H3,(H,22,25). The third kappa shape index (κ3) is 2.95. The lowest BCUT2D eigenvalue weighted by atomic mass is 9.87. The number of hydrogen-bond donors (Lipinski definition) is 1. The van der Waals surface area contributed by atoms with Crippen LogP contribution in [0.4, 0.5) is 5.82 Å². The van der Waals surface area contributed by atoms with Crippen molar-refractivity contribution < 1.29 is 14.3 Å². The lowest BCUT2D eigenvalue weighted by Crippen LogP contribution is -2.25. The van der Waals surface area contributed by atoms with Crippen LogP contribution in [0.3, 0.4) is 0 Å². The van der Waals surface area contributed by atoms with E-state index in [0.29, 0.717) is 11.5 Å². The van der Waals surface area contributed by atoms with E-state index >= 15 is 0 Å². The predicted octanol–water partition coefficient (Wildman–Crippen LogP) is 2.14. The number of pyridine rings is 2. The maximum Gasteiger partial charge on any atom is 0.356 e. The van der Waals surface area contributed by atoms with Crippen molar-refractivity contribution in [3.8, 4) is 11.3 Å². The molecule has 1 amide bonds. The molecule has 0 bridgehead atoms. The summed E-state index contributed by atoms with van der Waals surface area (Å²) in [6.45, 7) is 0. The van der Waals surface area contributed by atoms with Crippen LogP contribution in [0.25, 0.3) is 11.3 Å². The summed E-state index contributed by atoms with van der Waals surface area (Å²) >= 11 is 0. The Kier molecular flexibility index (Phi) is 4.15. The van der Waals surface area contributed by atoms with E-state index in [1.807, 2.05) is 12.1 Å². The van der Waals surface area contributed by atoms with Gasteiger partial charge in [0.25, 0.3) is 0 Å². The number of rotatable bonds is 3. The van der Waals surface area contributed by atoms with Crippen molar-refractivity contribution in [1.82, 2.24) is 19.7 Å². The Hall–Kier alpha value is -3.55. The van der Waals surface area contributed by atoms with Crippen LogP contribution in [0.5, 0.6) is 0 Å². The lowest BCUT2D eigenvalue weighted by Gasteiger charge is -2.23. The van der Waals surface area contributed by atoms with E-state index in [1.165, 1.54) is 7.11 Å². The number of ether oxygens (including phenoxy) is 1. The van der Waals surface area contributed by atoms with E-state index in [1.54, 1.807) is 42.3 Å². The van der Waals surface area contributed by atoms with E-state index in [2.05, 4.69) is 20.4 Å². The summed E-state index contributed by atoms with van der Waals surface area (Å²) in [5.41, 5.74) is 3.26. The maximum absolute atomic E-state index is 12.3. The fraction of sp³-hybridized carbons (Fsp3) is 0.211. The van der Waals surface area contributed by atoms with Crippen molar-refractivity contribution in [2.75, 3.05) is 12.4 Å². The number of hydrogen-bond acceptors (Lipinski definition) is 6. The summed E-state index contributed by atoms with van der Waals surface area (Å²) < 4.78 is 6.41. The normalized spacial score (nSPS) is 15.8. The molecular formula is C19H17N5O3. The molecule has 0 spiro atoms. The molecule has 0 saturated heterocycles. The van der Waals surface area contributed by atoms with Gasteiger partial charge < -0.3 is 10.1 Å². The topological polar surface area (TPSA) is 99.0 Å². The van der Waals surface area contributed by atoms with Gasteiger partial charge in [0, 0.05) is 48.6 Å². The minimum Gasteiger partial charge on any atom is -0.464 e. The molecule has 1 aliphatic rings. The molecule has 4 rings (SSSR count). The minimum atomic E-state index is -0.518. The van der Waals surface area contributed by atoms with Gasteiger partial charge in [-0.1, -0.05) is 6.07 Å². The van der Waals surface area contributed by atoms with E-state index in [4.69, 9.17) is 4.74 Å². The molecule has 1 atom stereocenters. The molecule has 0 fully saturated rings. The molecule has 3 aromatic rings. The number of amides is 1. The van der Waals surface area contributed by atoms with Crippen molar-refractivity contribution in [1.29, 1.82) is 0 Å². The van der Waals surface area contributed by atoms with Gasteiger partial charge >= 0.3 is 5.97 Å². The zero-order valence-electron chi connectivity index (χ0n) is 14.8. The third-order valence-electron chi connectivity index (χ3n) is 4.54. The van der Waals surface area contributed by atoms with Gasteiger partial charge in [-0.3, -0.25) is 14.5 Å². The number of aryl methyl sites for hydroxylation is 1. The van der Waals surface area contributed by atoms with Crippen LogP contribution < -0.4 is 5.32 Å². The summed E-state index contributed by atoms with van der Waals surface area (Å²) in [7, 11) is 3.09.